The van der Waals surface area contributed by atoms with Crippen LogP contribution >= 0.6 is 0 Å². The smallest absolute Gasteiger partial charge is 0.329 e. The number of hydrogen-bond acceptors (Lipinski definition) is 8. The summed E-state index contributed by atoms with van der Waals surface area (Å²) in [5.41, 5.74) is 0.381. The van der Waals surface area contributed by atoms with E-state index in [1.54, 1.807) is 13.8 Å². The SMILES string of the molecule is CC[C@H](C)[C@@H](C(=O)OC)N1C(=O)c2ccc3c4c(ccc(c24)C1=O)C(=O)N([C@H](C(=O)OC)[C@@H](C)CC)C3=O. The molecule has 4 rings (SSSR count). The number of carbonyl (C=O) groups is 6. The summed E-state index contributed by atoms with van der Waals surface area (Å²) in [6, 6.07) is 3.38. The van der Waals surface area contributed by atoms with Gasteiger partial charge in [0, 0.05) is 33.0 Å². The Labute approximate surface area is 219 Å². The molecule has 0 unspecified atom stereocenters. The van der Waals surface area contributed by atoms with Crippen LogP contribution < -0.4 is 0 Å². The molecule has 0 spiro atoms. The summed E-state index contributed by atoms with van der Waals surface area (Å²) in [4.78, 5) is 81.8. The molecule has 0 aliphatic carbocycles. The molecule has 0 fully saturated rings. The van der Waals surface area contributed by atoms with Crippen LogP contribution in [0, 0.1) is 11.8 Å². The van der Waals surface area contributed by atoms with Crippen LogP contribution in [0.4, 0.5) is 0 Å². The molecule has 200 valence electrons. The highest BCUT2D eigenvalue weighted by molar-refractivity contribution is 6.34. The minimum atomic E-state index is -1.14. The van der Waals surface area contributed by atoms with Crippen molar-refractivity contribution >= 4 is 46.3 Å². The normalized spacial score (nSPS) is 17.8. The standard InChI is InChI=1S/C28H30N2O8/c1-7-13(3)21(27(35)37-5)29-23(31)15-9-11-17-20-18(12-10-16(19(15)20)24(29)32)26(34)30(25(17)33)22(14(4)8-2)28(36)38-6/h9-14,21-22H,7-8H2,1-6H3/t13-,14-,21-,22-/m0/s1. The zero-order chi connectivity index (χ0) is 28.0. The van der Waals surface area contributed by atoms with Gasteiger partial charge in [0.1, 0.15) is 12.1 Å². The quantitative estimate of drug-likeness (QED) is 0.382. The molecule has 0 saturated carbocycles. The van der Waals surface area contributed by atoms with E-state index in [-0.39, 0.29) is 44.9 Å². The van der Waals surface area contributed by atoms with E-state index in [0.29, 0.717) is 12.8 Å². The van der Waals surface area contributed by atoms with E-state index in [1.165, 1.54) is 38.5 Å². The molecule has 4 amide bonds. The molecule has 2 aliphatic heterocycles. The third kappa shape index (κ3) is 3.77. The van der Waals surface area contributed by atoms with E-state index in [9.17, 15) is 28.8 Å². The summed E-state index contributed by atoms with van der Waals surface area (Å²) in [6.45, 7) is 7.17. The number of imide groups is 2. The van der Waals surface area contributed by atoms with E-state index >= 15 is 0 Å². The highest BCUT2D eigenvalue weighted by Crippen LogP contribution is 2.40. The van der Waals surface area contributed by atoms with Crippen LogP contribution in [0.25, 0.3) is 10.8 Å². The molecule has 4 atom stereocenters. The summed E-state index contributed by atoms with van der Waals surface area (Å²) < 4.78 is 9.83. The maximum absolute atomic E-state index is 13.7. The first-order valence-corrected chi connectivity index (χ1v) is 12.6. The van der Waals surface area contributed by atoms with Gasteiger partial charge in [0.2, 0.25) is 0 Å². The Morgan fingerprint density at radius 3 is 1.11 bits per heavy atom. The lowest BCUT2D eigenvalue weighted by Gasteiger charge is -2.37. The number of benzene rings is 2. The molecule has 0 saturated heterocycles. The zero-order valence-corrected chi connectivity index (χ0v) is 22.2. The van der Waals surface area contributed by atoms with Gasteiger partial charge in [-0.1, -0.05) is 40.5 Å². The third-order valence-corrected chi connectivity index (χ3v) is 7.77. The predicted molar refractivity (Wildman–Crippen MR) is 135 cm³/mol. The molecule has 0 radical (unpaired) electrons. The van der Waals surface area contributed by atoms with Crippen molar-refractivity contribution in [3.63, 3.8) is 0 Å². The van der Waals surface area contributed by atoms with Crippen LogP contribution in [-0.2, 0) is 19.1 Å². The highest BCUT2D eigenvalue weighted by Gasteiger charge is 2.47. The van der Waals surface area contributed by atoms with Crippen LogP contribution in [0.2, 0.25) is 0 Å². The van der Waals surface area contributed by atoms with Gasteiger partial charge in [-0.2, -0.15) is 0 Å². The monoisotopic (exact) mass is 522 g/mol. The fourth-order valence-corrected chi connectivity index (χ4v) is 5.29. The first-order chi connectivity index (χ1) is 18.0. The molecule has 2 heterocycles. The Balaban J connectivity index is 1.92. The largest absolute Gasteiger partial charge is 0.467 e. The van der Waals surface area contributed by atoms with E-state index in [2.05, 4.69) is 0 Å². The molecule has 2 aromatic carbocycles. The van der Waals surface area contributed by atoms with Crippen molar-refractivity contribution in [1.29, 1.82) is 0 Å². The predicted octanol–water partition coefficient (Wildman–Crippen LogP) is 3.21. The maximum atomic E-state index is 13.7. The Kier molecular flexibility index (Phi) is 7.10. The lowest BCUT2D eigenvalue weighted by molar-refractivity contribution is -0.147. The number of amides is 4. The number of methoxy groups -OCH3 is 2. The average molecular weight is 523 g/mol. The van der Waals surface area contributed by atoms with Crippen LogP contribution in [-0.4, -0.2) is 71.7 Å². The van der Waals surface area contributed by atoms with Crippen molar-refractivity contribution in [2.24, 2.45) is 11.8 Å². The van der Waals surface area contributed by atoms with Crippen LogP contribution in [0.1, 0.15) is 82.0 Å². The topological polar surface area (TPSA) is 127 Å². The summed E-state index contributed by atoms with van der Waals surface area (Å²) in [6.07, 6.45) is 1.01. The van der Waals surface area contributed by atoms with Gasteiger partial charge < -0.3 is 9.47 Å². The van der Waals surface area contributed by atoms with Gasteiger partial charge in [-0.15, -0.1) is 0 Å². The Morgan fingerprint density at radius 2 is 0.895 bits per heavy atom. The van der Waals surface area contributed by atoms with E-state index in [1.807, 2.05) is 13.8 Å². The fraction of sp³-hybridized carbons (Fsp3) is 0.429. The molecule has 0 N–H and O–H groups in total. The molecule has 2 aromatic rings. The van der Waals surface area contributed by atoms with Gasteiger partial charge in [0.25, 0.3) is 23.6 Å². The highest BCUT2D eigenvalue weighted by atomic mass is 16.5. The van der Waals surface area contributed by atoms with Gasteiger partial charge in [0.05, 0.1) is 14.2 Å². The van der Waals surface area contributed by atoms with Gasteiger partial charge in [0.15, 0.2) is 0 Å². The lowest BCUT2D eigenvalue weighted by atomic mass is 9.83. The van der Waals surface area contributed by atoms with Gasteiger partial charge in [-0.25, -0.2) is 9.59 Å². The van der Waals surface area contributed by atoms with Crippen LogP contribution in [0.3, 0.4) is 0 Å². The Bertz CT molecular complexity index is 1220. The molecule has 10 nitrogen and oxygen atoms in total. The van der Waals surface area contributed by atoms with Crippen molar-refractivity contribution in [3.8, 4) is 0 Å². The van der Waals surface area contributed by atoms with Crippen molar-refractivity contribution in [3.05, 3.63) is 46.5 Å². The van der Waals surface area contributed by atoms with E-state index in [4.69, 9.17) is 9.47 Å². The van der Waals surface area contributed by atoms with Gasteiger partial charge in [-0.3, -0.25) is 29.0 Å². The molecule has 0 aromatic heterocycles. The summed E-state index contributed by atoms with van der Waals surface area (Å²) in [7, 11) is 2.39. The number of hydrogen-bond donors (Lipinski definition) is 0. The molecule has 38 heavy (non-hydrogen) atoms. The minimum absolute atomic E-state index is 0.0953. The molecular weight excluding hydrogens is 492 g/mol. The van der Waals surface area contributed by atoms with Crippen molar-refractivity contribution in [2.45, 2.75) is 52.6 Å². The second kappa shape index (κ2) is 10.00. The number of esters is 2. The average Bonchev–Trinajstić information content (AvgIpc) is 2.93. The molecular formula is C28H30N2O8. The summed E-state index contributed by atoms with van der Waals surface area (Å²) in [5.74, 6) is -5.03. The summed E-state index contributed by atoms with van der Waals surface area (Å²) in [5, 5.41) is 0.358. The van der Waals surface area contributed by atoms with Gasteiger partial charge in [-0.05, 0) is 36.1 Å². The van der Waals surface area contributed by atoms with Crippen molar-refractivity contribution in [1.82, 2.24) is 9.80 Å². The van der Waals surface area contributed by atoms with Crippen molar-refractivity contribution in [2.75, 3.05) is 14.2 Å². The molecule has 0 bridgehead atoms. The van der Waals surface area contributed by atoms with Crippen molar-refractivity contribution < 1.29 is 38.2 Å². The molecule has 10 heteroatoms. The van der Waals surface area contributed by atoms with E-state index < -0.39 is 47.7 Å². The number of carbonyl (C=O) groups excluding carboxylic acids is 6. The lowest BCUT2D eigenvalue weighted by Crippen LogP contribution is -2.55. The zero-order valence-electron chi connectivity index (χ0n) is 22.2. The first-order valence-electron chi connectivity index (χ1n) is 12.6. The molecule has 2 aliphatic rings. The van der Waals surface area contributed by atoms with Gasteiger partial charge >= 0.3 is 11.9 Å². The van der Waals surface area contributed by atoms with Crippen LogP contribution in [0.5, 0.6) is 0 Å². The Hall–Kier alpha value is -4.08. The second-order valence-corrected chi connectivity index (χ2v) is 9.74. The minimum Gasteiger partial charge on any atom is -0.467 e. The number of ether oxygens (including phenoxy) is 2. The summed E-state index contributed by atoms with van der Waals surface area (Å²) >= 11 is 0. The number of nitrogens with zero attached hydrogens (tertiary/aromatic N) is 2. The third-order valence-electron chi connectivity index (χ3n) is 7.77. The second-order valence-electron chi connectivity index (χ2n) is 9.74. The van der Waals surface area contributed by atoms with E-state index in [0.717, 1.165) is 9.80 Å². The maximum Gasteiger partial charge on any atom is 0.329 e. The first kappa shape index (κ1) is 27.0. The van der Waals surface area contributed by atoms with Crippen LogP contribution in [0.15, 0.2) is 24.3 Å². The number of rotatable bonds is 8. The fourth-order valence-electron chi connectivity index (χ4n) is 5.29. The Morgan fingerprint density at radius 1 is 0.632 bits per heavy atom.